The van der Waals surface area contributed by atoms with E-state index >= 15 is 0 Å². The predicted molar refractivity (Wildman–Crippen MR) is 75.1 cm³/mol. The lowest BCUT2D eigenvalue weighted by molar-refractivity contribution is 0.205. The number of nitrogens with zero attached hydrogens (tertiary/aromatic N) is 1. The lowest BCUT2D eigenvalue weighted by Gasteiger charge is -2.27. The van der Waals surface area contributed by atoms with E-state index in [4.69, 9.17) is 4.74 Å². The highest BCUT2D eigenvalue weighted by Gasteiger charge is 2.12. The van der Waals surface area contributed by atoms with Gasteiger partial charge in [0, 0.05) is 12.6 Å². The lowest BCUT2D eigenvalue weighted by Crippen LogP contribution is -2.31. The van der Waals surface area contributed by atoms with Gasteiger partial charge in [0.15, 0.2) is 11.5 Å². The van der Waals surface area contributed by atoms with Gasteiger partial charge in [0.25, 0.3) is 0 Å². The molecule has 0 saturated heterocycles. The second-order valence-electron chi connectivity index (χ2n) is 4.56. The fourth-order valence-electron chi connectivity index (χ4n) is 2.00. The molecule has 1 aromatic carbocycles. The maximum absolute atomic E-state index is 9.67. The zero-order valence-electron chi connectivity index (χ0n) is 11.9. The number of aromatic hydroxyl groups is 1. The molecular weight excluding hydrogens is 226 g/mol. The highest BCUT2D eigenvalue weighted by Crippen LogP contribution is 2.27. The average Bonchev–Trinajstić information content (AvgIpc) is 2.39. The molecule has 0 spiro atoms. The topological polar surface area (TPSA) is 32.7 Å². The smallest absolute Gasteiger partial charge is 0.161 e. The Bertz CT molecular complexity index is 366. The minimum atomic E-state index is 0.215. The van der Waals surface area contributed by atoms with Crippen molar-refractivity contribution in [1.82, 2.24) is 4.90 Å². The summed E-state index contributed by atoms with van der Waals surface area (Å²) in [6, 6.07) is 6.18. The van der Waals surface area contributed by atoms with Crippen LogP contribution in [-0.2, 0) is 6.54 Å². The van der Waals surface area contributed by atoms with Crippen LogP contribution in [0.1, 0.15) is 39.7 Å². The van der Waals surface area contributed by atoms with Crippen molar-refractivity contribution in [2.75, 3.05) is 13.2 Å². The molecule has 1 atom stereocenters. The molecule has 0 aromatic heterocycles. The highest BCUT2D eigenvalue weighted by molar-refractivity contribution is 5.41. The monoisotopic (exact) mass is 251 g/mol. The van der Waals surface area contributed by atoms with Crippen molar-refractivity contribution in [1.29, 1.82) is 0 Å². The summed E-state index contributed by atoms with van der Waals surface area (Å²) in [7, 11) is 0. The first-order chi connectivity index (χ1) is 8.62. The van der Waals surface area contributed by atoms with Gasteiger partial charge in [0.1, 0.15) is 0 Å². The van der Waals surface area contributed by atoms with Crippen LogP contribution in [0.25, 0.3) is 0 Å². The van der Waals surface area contributed by atoms with Crippen molar-refractivity contribution in [2.45, 2.75) is 46.7 Å². The molecule has 3 nitrogen and oxygen atoms in total. The van der Waals surface area contributed by atoms with Gasteiger partial charge in [-0.3, -0.25) is 4.90 Å². The van der Waals surface area contributed by atoms with Gasteiger partial charge in [-0.15, -0.1) is 0 Å². The van der Waals surface area contributed by atoms with Gasteiger partial charge in [0.2, 0.25) is 0 Å². The standard InChI is InChI=1S/C15H25NO2/c1-5-12(4)16(6-2)11-13-8-9-14(17)15(10-13)18-7-3/h8-10,12,17H,5-7,11H2,1-4H3. The minimum Gasteiger partial charge on any atom is -0.504 e. The summed E-state index contributed by atoms with van der Waals surface area (Å²) in [6.07, 6.45) is 1.14. The third kappa shape index (κ3) is 3.91. The Hall–Kier alpha value is -1.22. The van der Waals surface area contributed by atoms with Crippen LogP contribution in [0.5, 0.6) is 11.5 Å². The lowest BCUT2D eigenvalue weighted by atomic mass is 10.1. The fourth-order valence-corrected chi connectivity index (χ4v) is 2.00. The van der Waals surface area contributed by atoms with Crippen LogP contribution in [0.3, 0.4) is 0 Å². The molecule has 0 radical (unpaired) electrons. The van der Waals surface area contributed by atoms with Gasteiger partial charge < -0.3 is 9.84 Å². The Balaban J connectivity index is 2.80. The van der Waals surface area contributed by atoms with E-state index in [1.165, 1.54) is 5.56 Å². The van der Waals surface area contributed by atoms with E-state index < -0.39 is 0 Å². The Morgan fingerprint density at radius 2 is 2.00 bits per heavy atom. The van der Waals surface area contributed by atoms with Crippen LogP contribution in [0.4, 0.5) is 0 Å². The van der Waals surface area contributed by atoms with E-state index in [0.717, 1.165) is 19.5 Å². The first kappa shape index (κ1) is 14.8. The summed E-state index contributed by atoms with van der Waals surface area (Å²) >= 11 is 0. The molecule has 0 bridgehead atoms. The molecule has 1 unspecified atom stereocenters. The number of hydrogen-bond acceptors (Lipinski definition) is 3. The largest absolute Gasteiger partial charge is 0.504 e. The van der Waals surface area contributed by atoms with E-state index in [2.05, 4.69) is 25.7 Å². The number of rotatable bonds is 7. The summed E-state index contributed by atoms with van der Waals surface area (Å²) in [5, 5.41) is 9.67. The van der Waals surface area contributed by atoms with Crippen molar-refractivity contribution in [3.05, 3.63) is 23.8 Å². The first-order valence-electron chi connectivity index (χ1n) is 6.81. The molecule has 18 heavy (non-hydrogen) atoms. The van der Waals surface area contributed by atoms with Crippen molar-refractivity contribution in [2.24, 2.45) is 0 Å². The van der Waals surface area contributed by atoms with Crippen LogP contribution < -0.4 is 4.74 Å². The number of hydrogen-bond donors (Lipinski definition) is 1. The number of phenols is 1. The molecular formula is C15H25NO2. The van der Waals surface area contributed by atoms with E-state index in [1.54, 1.807) is 6.07 Å². The summed E-state index contributed by atoms with van der Waals surface area (Å²) in [5.74, 6) is 0.794. The summed E-state index contributed by atoms with van der Waals surface area (Å²) < 4.78 is 5.41. The van der Waals surface area contributed by atoms with E-state index in [1.807, 2.05) is 19.1 Å². The van der Waals surface area contributed by atoms with Crippen molar-refractivity contribution >= 4 is 0 Å². The number of benzene rings is 1. The molecule has 1 N–H and O–H groups in total. The third-order valence-corrected chi connectivity index (χ3v) is 3.33. The zero-order chi connectivity index (χ0) is 13.5. The predicted octanol–water partition coefficient (Wildman–Crippen LogP) is 3.41. The zero-order valence-corrected chi connectivity index (χ0v) is 11.9. The van der Waals surface area contributed by atoms with Crippen molar-refractivity contribution < 1.29 is 9.84 Å². The Morgan fingerprint density at radius 3 is 2.56 bits per heavy atom. The molecule has 0 heterocycles. The Labute approximate surface area is 110 Å². The highest BCUT2D eigenvalue weighted by atomic mass is 16.5. The second-order valence-corrected chi connectivity index (χ2v) is 4.56. The molecule has 0 aliphatic rings. The summed E-state index contributed by atoms with van der Waals surface area (Å²) in [4.78, 5) is 2.42. The van der Waals surface area contributed by atoms with Crippen LogP contribution in [0, 0.1) is 0 Å². The van der Waals surface area contributed by atoms with Gasteiger partial charge >= 0.3 is 0 Å². The molecule has 0 fully saturated rings. The second kappa shape index (κ2) is 7.27. The van der Waals surface area contributed by atoms with E-state index in [9.17, 15) is 5.11 Å². The van der Waals surface area contributed by atoms with Crippen LogP contribution in [0.15, 0.2) is 18.2 Å². The van der Waals surface area contributed by atoms with Gasteiger partial charge in [-0.2, -0.15) is 0 Å². The van der Waals surface area contributed by atoms with Gasteiger partial charge in [-0.05, 0) is 44.5 Å². The molecule has 3 heteroatoms. The van der Waals surface area contributed by atoms with Crippen molar-refractivity contribution in [3.63, 3.8) is 0 Å². The normalized spacial score (nSPS) is 12.7. The maximum atomic E-state index is 9.67. The molecule has 1 rings (SSSR count). The molecule has 0 aliphatic carbocycles. The molecule has 0 saturated carbocycles. The van der Waals surface area contributed by atoms with Crippen molar-refractivity contribution in [3.8, 4) is 11.5 Å². The van der Waals surface area contributed by atoms with Gasteiger partial charge in [-0.1, -0.05) is 19.9 Å². The molecule has 0 amide bonds. The maximum Gasteiger partial charge on any atom is 0.161 e. The first-order valence-corrected chi connectivity index (χ1v) is 6.81. The minimum absolute atomic E-state index is 0.215. The van der Waals surface area contributed by atoms with Crippen LogP contribution in [-0.4, -0.2) is 29.2 Å². The summed E-state index contributed by atoms with van der Waals surface area (Å²) in [5.41, 5.74) is 1.18. The quantitative estimate of drug-likeness (QED) is 0.806. The van der Waals surface area contributed by atoms with Crippen LogP contribution >= 0.6 is 0 Å². The van der Waals surface area contributed by atoms with E-state index in [-0.39, 0.29) is 5.75 Å². The molecule has 102 valence electrons. The summed E-state index contributed by atoms with van der Waals surface area (Å²) in [6.45, 7) is 11.0. The van der Waals surface area contributed by atoms with E-state index in [0.29, 0.717) is 18.4 Å². The number of ether oxygens (including phenoxy) is 1. The Kier molecular flexibility index (Phi) is 5.99. The third-order valence-electron chi connectivity index (χ3n) is 3.33. The molecule has 0 aliphatic heterocycles. The average molecular weight is 251 g/mol. The number of phenolic OH excluding ortho intramolecular Hbond substituents is 1. The fraction of sp³-hybridized carbons (Fsp3) is 0.600. The van der Waals surface area contributed by atoms with Gasteiger partial charge in [0.05, 0.1) is 6.61 Å². The van der Waals surface area contributed by atoms with Crippen LogP contribution in [0.2, 0.25) is 0 Å². The SMILES string of the molecule is CCOc1cc(CN(CC)C(C)CC)ccc1O. The Morgan fingerprint density at radius 1 is 1.28 bits per heavy atom. The van der Waals surface area contributed by atoms with Gasteiger partial charge in [-0.25, -0.2) is 0 Å². The molecule has 1 aromatic rings.